The molecule has 0 spiro atoms. The zero-order valence-corrected chi connectivity index (χ0v) is 20.4. The van der Waals surface area contributed by atoms with Gasteiger partial charge in [0, 0.05) is 43.8 Å². The number of amides is 2. The van der Waals surface area contributed by atoms with Crippen molar-refractivity contribution in [2.75, 3.05) is 36.4 Å². The maximum absolute atomic E-state index is 13.7. The van der Waals surface area contributed by atoms with Crippen LogP contribution in [-0.4, -0.2) is 58.2 Å². The van der Waals surface area contributed by atoms with Crippen molar-refractivity contribution in [1.29, 1.82) is 0 Å². The molecule has 9 nitrogen and oxygen atoms in total. The summed E-state index contributed by atoms with van der Waals surface area (Å²) in [6.45, 7) is 1.94. The molecule has 1 aromatic heterocycles. The van der Waals surface area contributed by atoms with Crippen molar-refractivity contribution in [3.63, 3.8) is 0 Å². The molecule has 0 radical (unpaired) electrons. The normalized spacial score (nSPS) is 13.9. The van der Waals surface area contributed by atoms with Gasteiger partial charge in [-0.3, -0.25) is 4.79 Å². The summed E-state index contributed by atoms with van der Waals surface area (Å²) in [6, 6.07) is 14.2. The molecule has 4 N–H and O–H groups in total. The first-order valence-electron chi connectivity index (χ1n) is 12.0. The van der Waals surface area contributed by atoms with Gasteiger partial charge < -0.3 is 26.0 Å². The Balaban J connectivity index is 1.47. The van der Waals surface area contributed by atoms with Crippen LogP contribution in [0.5, 0.6) is 0 Å². The smallest absolute Gasteiger partial charge is 0.419 e. The van der Waals surface area contributed by atoms with Gasteiger partial charge in [0.1, 0.15) is 0 Å². The van der Waals surface area contributed by atoms with E-state index in [1.54, 1.807) is 36.4 Å². The molecule has 1 fully saturated rings. The minimum atomic E-state index is -4.62. The summed E-state index contributed by atoms with van der Waals surface area (Å²) in [5.41, 5.74) is 7.13. The molecule has 2 aromatic carbocycles. The van der Waals surface area contributed by atoms with Crippen molar-refractivity contribution in [3.8, 4) is 0 Å². The molecule has 0 unspecified atom stereocenters. The van der Waals surface area contributed by atoms with Crippen LogP contribution in [0.1, 0.15) is 22.4 Å². The van der Waals surface area contributed by atoms with Gasteiger partial charge in [-0.25, -0.2) is 14.8 Å². The average molecular weight is 529 g/mol. The summed E-state index contributed by atoms with van der Waals surface area (Å²) in [5.74, 6) is -0.489. The van der Waals surface area contributed by atoms with Crippen LogP contribution in [-0.2, 0) is 30.2 Å². The molecule has 12 heteroatoms. The van der Waals surface area contributed by atoms with E-state index in [1.807, 2.05) is 12.1 Å². The lowest BCUT2D eigenvalue weighted by Gasteiger charge is -2.34. The summed E-state index contributed by atoms with van der Waals surface area (Å²) >= 11 is 0. The third-order valence-corrected chi connectivity index (χ3v) is 6.33. The Hall–Kier alpha value is -4.35. The highest BCUT2D eigenvalue weighted by atomic mass is 19.4. The van der Waals surface area contributed by atoms with Gasteiger partial charge >= 0.3 is 12.3 Å². The highest BCUT2D eigenvalue weighted by Gasteiger charge is 2.35. The van der Waals surface area contributed by atoms with Crippen LogP contribution < -0.4 is 16.0 Å². The van der Waals surface area contributed by atoms with E-state index in [2.05, 4.69) is 20.2 Å². The SMILES string of the molecule is NC(=O)Cc1ccccc1CCc1nc(Nc2ccc(N3CCN(C(=O)O)CC3)cc2)ncc1C(F)(F)F. The first kappa shape index (κ1) is 26.7. The molecule has 2 heterocycles. The number of hydrogen-bond donors (Lipinski definition) is 3. The van der Waals surface area contributed by atoms with Crippen molar-refractivity contribution in [3.05, 3.63) is 77.1 Å². The number of benzene rings is 2. The number of anilines is 3. The maximum Gasteiger partial charge on any atom is 0.419 e. The minimum Gasteiger partial charge on any atom is -0.465 e. The predicted molar refractivity (Wildman–Crippen MR) is 135 cm³/mol. The molecule has 38 heavy (non-hydrogen) atoms. The van der Waals surface area contributed by atoms with Crippen molar-refractivity contribution in [1.82, 2.24) is 14.9 Å². The molecule has 1 saturated heterocycles. The van der Waals surface area contributed by atoms with Crippen LogP contribution in [0, 0.1) is 0 Å². The number of piperazine rings is 1. The van der Waals surface area contributed by atoms with Gasteiger partial charge in [0.15, 0.2) is 0 Å². The number of nitrogens with zero attached hydrogens (tertiary/aromatic N) is 4. The second kappa shape index (κ2) is 11.4. The summed E-state index contributed by atoms with van der Waals surface area (Å²) in [7, 11) is 0. The molecule has 4 rings (SSSR count). The number of rotatable bonds is 8. The number of hydrogen-bond acceptors (Lipinski definition) is 6. The third kappa shape index (κ3) is 6.69. The van der Waals surface area contributed by atoms with Crippen LogP contribution in [0.25, 0.3) is 0 Å². The number of alkyl halides is 3. The summed E-state index contributed by atoms with van der Waals surface area (Å²) < 4.78 is 41.0. The standard InChI is InChI=1S/C26H27F3N6O3/c27-26(28,29)21-16-31-24(33-22(21)10-5-17-3-1-2-4-18(17)15-23(30)36)32-19-6-8-20(9-7-19)34-11-13-35(14-12-34)25(37)38/h1-4,6-9,16H,5,10-15H2,(H2,30,36)(H,37,38)(H,31,32,33). The number of aryl methyl sites for hydroxylation is 2. The fourth-order valence-corrected chi connectivity index (χ4v) is 4.36. The van der Waals surface area contributed by atoms with Crippen LogP contribution in [0.4, 0.5) is 35.3 Å². The quantitative estimate of drug-likeness (QED) is 0.406. The number of carboxylic acid groups (broad SMARTS) is 1. The Morgan fingerprint density at radius 3 is 2.24 bits per heavy atom. The molecule has 1 aliphatic heterocycles. The van der Waals surface area contributed by atoms with Gasteiger partial charge in [-0.1, -0.05) is 24.3 Å². The van der Waals surface area contributed by atoms with Crippen molar-refractivity contribution < 1.29 is 27.9 Å². The van der Waals surface area contributed by atoms with Crippen LogP contribution in [0.3, 0.4) is 0 Å². The van der Waals surface area contributed by atoms with E-state index in [1.165, 1.54) is 4.90 Å². The van der Waals surface area contributed by atoms with E-state index < -0.39 is 23.7 Å². The van der Waals surface area contributed by atoms with E-state index in [0.717, 1.165) is 17.4 Å². The molecular formula is C26H27F3N6O3. The molecular weight excluding hydrogens is 501 g/mol. The maximum atomic E-state index is 13.7. The third-order valence-electron chi connectivity index (χ3n) is 6.33. The van der Waals surface area contributed by atoms with Crippen LogP contribution in [0.15, 0.2) is 54.7 Å². The lowest BCUT2D eigenvalue weighted by Crippen LogP contribution is -2.48. The summed E-state index contributed by atoms with van der Waals surface area (Å²) in [4.78, 5) is 33.9. The van der Waals surface area contributed by atoms with Gasteiger partial charge in [0.25, 0.3) is 0 Å². The Labute approximate surface area is 217 Å². The summed E-state index contributed by atoms with van der Waals surface area (Å²) in [6.07, 6.45) is -4.54. The second-order valence-corrected chi connectivity index (χ2v) is 8.89. The van der Waals surface area contributed by atoms with Crippen molar-refractivity contribution in [2.45, 2.75) is 25.4 Å². The number of nitrogens with two attached hydrogens (primary N) is 1. The van der Waals surface area contributed by atoms with Gasteiger partial charge in [-0.2, -0.15) is 13.2 Å². The van der Waals surface area contributed by atoms with Gasteiger partial charge in [0.05, 0.1) is 17.7 Å². The van der Waals surface area contributed by atoms with E-state index in [0.29, 0.717) is 37.4 Å². The monoisotopic (exact) mass is 528 g/mol. The number of nitrogens with one attached hydrogen (secondary N) is 1. The molecule has 3 aromatic rings. The lowest BCUT2D eigenvalue weighted by atomic mass is 9.98. The number of halogens is 3. The topological polar surface area (TPSA) is 125 Å². The molecule has 0 saturated carbocycles. The Morgan fingerprint density at radius 2 is 1.63 bits per heavy atom. The van der Waals surface area contributed by atoms with Gasteiger partial charge in [0.2, 0.25) is 11.9 Å². The summed E-state index contributed by atoms with van der Waals surface area (Å²) in [5, 5.41) is 12.1. The van der Waals surface area contributed by atoms with E-state index in [-0.39, 0.29) is 30.9 Å². The fraction of sp³-hybridized carbons (Fsp3) is 0.308. The molecule has 0 aliphatic carbocycles. The van der Waals surface area contributed by atoms with Crippen molar-refractivity contribution in [2.24, 2.45) is 5.73 Å². The molecule has 2 amide bonds. The zero-order chi connectivity index (χ0) is 27.3. The van der Waals surface area contributed by atoms with Gasteiger partial charge in [-0.05, 0) is 48.2 Å². The molecule has 200 valence electrons. The molecule has 1 aliphatic rings. The first-order chi connectivity index (χ1) is 18.1. The van der Waals surface area contributed by atoms with Crippen molar-refractivity contribution >= 4 is 29.3 Å². The highest BCUT2D eigenvalue weighted by Crippen LogP contribution is 2.32. The van der Waals surface area contributed by atoms with Gasteiger partial charge in [-0.15, -0.1) is 0 Å². The average Bonchev–Trinajstić information content (AvgIpc) is 2.88. The Kier molecular flexibility index (Phi) is 7.99. The predicted octanol–water partition coefficient (Wildman–Crippen LogP) is 3.85. The number of primary amides is 1. The first-order valence-corrected chi connectivity index (χ1v) is 12.0. The second-order valence-electron chi connectivity index (χ2n) is 8.89. The van der Waals surface area contributed by atoms with E-state index >= 15 is 0 Å². The molecule has 0 bridgehead atoms. The van der Waals surface area contributed by atoms with Crippen LogP contribution in [0.2, 0.25) is 0 Å². The number of carbonyl (C=O) groups is 2. The molecule has 0 atom stereocenters. The van der Waals surface area contributed by atoms with E-state index in [4.69, 9.17) is 10.8 Å². The number of carbonyl (C=O) groups excluding carboxylic acids is 1. The fourth-order valence-electron chi connectivity index (χ4n) is 4.36. The minimum absolute atomic E-state index is 0.00409. The Morgan fingerprint density at radius 1 is 0.974 bits per heavy atom. The Bertz CT molecular complexity index is 1290. The van der Waals surface area contributed by atoms with Crippen LogP contribution >= 0.6 is 0 Å². The lowest BCUT2D eigenvalue weighted by molar-refractivity contribution is -0.138. The largest absolute Gasteiger partial charge is 0.465 e. The number of aromatic nitrogens is 2. The zero-order valence-electron chi connectivity index (χ0n) is 20.4. The highest BCUT2D eigenvalue weighted by molar-refractivity contribution is 5.77. The van der Waals surface area contributed by atoms with E-state index in [9.17, 15) is 22.8 Å².